The molecule has 0 bridgehead atoms. The van der Waals surface area contributed by atoms with E-state index in [4.69, 9.17) is 4.74 Å². The molecule has 1 aromatic heterocycles. The Morgan fingerprint density at radius 1 is 0.957 bits per heavy atom. The fourth-order valence-corrected chi connectivity index (χ4v) is 2.29. The average molecular weight is 305 g/mol. The molecule has 4 heteroatoms. The maximum absolute atomic E-state index is 5.66. The molecule has 1 unspecified atom stereocenters. The van der Waals surface area contributed by atoms with Crippen LogP contribution in [0.3, 0.4) is 0 Å². The van der Waals surface area contributed by atoms with Crippen LogP contribution in [0.15, 0.2) is 73.1 Å². The van der Waals surface area contributed by atoms with Gasteiger partial charge in [-0.2, -0.15) is 0 Å². The molecular weight excluding hydrogens is 286 g/mol. The first-order valence-electron chi connectivity index (χ1n) is 7.63. The summed E-state index contributed by atoms with van der Waals surface area (Å²) in [6.45, 7) is 2.93. The first-order chi connectivity index (χ1) is 11.3. The molecule has 116 valence electrons. The standard InChI is InChI=1S/C19H19N3O/c1-15(17-8-3-2-4-9-17)22-14-16-7-5-10-18(13-16)23-19-20-11-6-12-21-19/h2-13,15,22H,14H2,1H3. The molecule has 0 aliphatic rings. The van der Waals surface area contributed by atoms with Crippen molar-refractivity contribution < 1.29 is 4.74 Å². The minimum absolute atomic E-state index is 0.290. The summed E-state index contributed by atoms with van der Waals surface area (Å²) in [7, 11) is 0. The highest BCUT2D eigenvalue weighted by Gasteiger charge is 2.05. The summed E-state index contributed by atoms with van der Waals surface area (Å²) in [5.41, 5.74) is 2.43. The lowest BCUT2D eigenvalue weighted by Crippen LogP contribution is -2.17. The Kier molecular flexibility index (Phi) is 4.96. The fourth-order valence-electron chi connectivity index (χ4n) is 2.29. The molecule has 0 aliphatic heterocycles. The van der Waals surface area contributed by atoms with Crippen molar-refractivity contribution in [3.8, 4) is 11.8 Å². The average Bonchev–Trinajstić information content (AvgIpc) is 2.62. The van der Waals surface area contributed by atoms with Gasteiger partial charge in [0.05, 0.1) is 0 Å². The van der Waals surface area contributed by atoms with Gasteiger partial charge in [0.25, 0.3) is 0 Å². The van der Waals surface area contributed by atoms with E-state index in [1.807, 2.05) is 24.3 Å². The van der Waals surface area contributed by atoms with Crippen molar-refractivity contribution in [3.05, 3.63) is 84.2 Å². The van der Waals surface area contributed by atoms with Gasteiger partial charge in [-0.3, -0.25) is 0 Å². The third-order valence-corrected chi connectivity index (χ3v) is 3.56. The zero-order chi connectivity index (χ0) is 15.9. The molecule has 23 heavy (non-hydrogen) atoms. The van der Waals surface area contributed by atoms with Gasteiger partial charge in [0, 0.05) is 25.0 Å². The Morgan fingerprint density at radius 3 is 2.52 bits per heavy atom. The Labute approximate surface area is 136 Å². The Morgan fingerprint density at radius 2 is 1.74 bits per heavy atom. The number of aromatic nitrogens is 2. The van der Waals surface area contributed by atoms with Crippen molar-refractivity contribution in [2.75, 3.05) is 0 Å². The summed E-state index contributed by atoms with van der Waals surface area (Å²) in [4.78, 5) is 8.14. The maximum Gasteiger partial charge on any atom is 0.321 e. The molecule has 1 N–H and O–H groups in total. The van der Waals surface area contributed by atoms with E-state index >= 15 is 0 Å². The SMILES string of the molecule is CC(NCc1cccc(Oc2ncccn2)c1)c1ccccc1. The second kappa shape index (κ2) is 7.51. The van der Waals surface area contributed by atoms with E-state index in [1.165, 1.54) is 5.56 Å². The highest BCUT2D eigenvalue weighted by Crippen LogP contribution is 2.19. The van der Waals surface area contributed by atoms with Crippen LogP contribution in [-0.2, 0) is 6.54 Å². The smallest absolute Gasteiger partial charge is 0.321 e. The quantitative estimate of drug-likeness (QED) is 0.744. The fraction of sp³-hybridized carbons (Fsp3) is 0.158. The van der Waals surface area contributed by atoms with Gasteiger partial charge in [-0.15, -0.1) is 0 Å². The topological polar surface area (TPSA) is 47.0 Å². The summed E-state index contributed by atoms with van der Waals surface area (Å²) < 4.78 is 5.66. The van der Waals surface area contributed by atoms with Gasteiger partial charge in [0.1, 0.15) is 5.75 Å². The number of benzene rings is 2. The number of nitrogens with one attached hydrogen (secondary N) is 1. The van der Waals surface area contributed by atoms with E-state index in [-0.39, 0.29) is 0 Å². The van der Waals surface area contributed by atoms with Gasteiger partial charge in [0.15, 0.2) is 0 Å². The van der Waals surface area contributed by atoms with Gasteiger partial charge in [0.2, 0.25) is 0 Å². The van der Waals surface area contributed by atoms with Gasteiger partial charge >= 0.3 is 6.01 Å². The molecule has 4 nitrogen and oxygen atoms in total. The molecule has 3 rings (SSSR count). The third-order valence-electron chi connectivity index (χ3n) is 3.56. The van der Waals surface area contributed by atoms with Gasteiger partial charge in [-0.05, 0) is 36.2 Å². The van der Waals surface area contributed by atoms with Gasteiger partial charge < -0.3 is 10.1 Å². The molecule has 1 heterocycles. The summed E-state index contributed by atoms with van der Waals surface area (Å²) in [5.74, 6) is 0.739. The monoisotopic (exact) mass is 305 g/mol. The van der Waals surface area contributed by atoms with Crippen LogP contribution < -0.4 is 10.1 Å². The number of rotatable bonds is 6. The highest BCUT2D eigenvalue weighted by molar-refractivity contribution is 5.30. The maximum atomic E-state index is 5.66. The second-order valence-corrected chi connectivity index (χ2v) is 5.29. The van der Waals surface area contributed by atoms with Gasteiger partial charge in [-0.1, -0.05) is 42.5 Å². The predicted molar refractivity (Wildman–Crippen MR) is 90.2 cm³/mol. The minimum Gasteiger partial charge on any atom is -0.424 e. The lowest BCUT2D eigenvalue weighted by Gasteiger charge is -2.14. The van der Waals surface area contributed by atoms with Crippen LogP contribution in [-0.4, -0.2) is 9.97 Å². The first kappa shape index (κ1) is 15.2. The normalized spacial score (nSPS) is 11.9. The minimum atomic E-state index is 0.290. The lowest BCUT2D eigenvalue weighted by molar-refractivity contribution is 0.440. The second-order valence-electron chi connectivity index (χ2n) is 5.29. The molecule has 3 aromatic rings. The van der Waals surface area contributed by atoms with Crippen LogP contribution in [0.25, 0.3) is 0 Å². The lowest BCUT2D eigenvalue weighted by atomic mass is 10.1. The van der Waals surface area contributed by atoms with Crippen molar-refractivity contribution >= 4 is 0 Å². The molecular formula is C19H19N3O. The van der Waals surface area contributed by atoms with E-state index in [0.717, 1.165) is 17.9 Å². The largest absolute Gasteiger partial charge is 0.424 e. The summed E-state index contributed by atoms with van der Waals surface area (Å²) in [6.07, 6.45) is 3.32. The molecule has 0 radical (unpaired) electrons. The first-order valence-corrected chi connectivity index (χ1v) is 7.63. The number of hydrogen-bond acceptors (Lipinski definition) is 4. The zero-order valence-electron chi connectivity index (χ0n) is 13.0. The van der Waals surface area contributed by atoms with E-state index in [1.54, 1.807) is 18.5 Å². The van der Waals surface area contributed by atoms with Gasteiger partial charge in [-0.25, -0.2) is 9.97 Å². The van der Waals surface area contributed by atoms with Crippen molar-refractivity contribution in [2.45, 2.75) is 19.5 Å². The van der Waals surface area contributed by atoms with Crippen LogP contribution in [0, 0.1) is 0 Å². The van der Waals surface area contributed by atoms with Crippen LogP contribution in [0.4, 0.5) is 0 Å². The number of nitrogens with zero attached hydrogens (tertiary/aromatic N) is 2. The molecule has 1 atom stereocenters. The van der Waals surface area contributed by atoms with Crippen LogP contribution >= 0.6 is 0 Å². The van der Waals surface area contributed by atoms with Crippen molar-refractivity contribution in [2.24, 2.45) is 0 Å². The Balaban J connectivity index is 1.61. The Bertz CT molecular complexity index is 732. The molecule has 0 amide bonds. The van der Waals surface area contributed by atoms with Crippen LogP contribution in [0.5, 0.6) is 11.8 Å². The Hall–Kier alpha value is -2.72. The molecule has 2 aromatic carbocycles. The van der Waals surface area contributed by atoms with Crippen LogP contribution in [0.2, 0.25) is 0 Å². The van der Waals surface area contributed by atoms with Crippen molar-refractivity contribution in [3.63, 3.8) is 0 Å². The molecule has 0 aliphatic carbocycles. The highest BCUT2D eigenvalue weighted by atomic mass is 16.5. The van der Waals surface area contributed by atoms with Crippen molar-refractivity contribution in [1.29, 1.82) is 0 Å². The van der Waals surface area contributed by atoms with E-state index in [0.29, 0.717) is 12.1 Å². The molecule has 0 saturated carbocycles. The van der Waals surface area contributed by atoms with Crippen molar-refractivity contribution in [1.82, 2.24) is 15.3 Å². The van der Waals surface area contributed by atoms with E-state index < -0.39 is 0 Å². The molecule has 0 saturated heterocycles. The van der Waals surface area contributed by atoms with E-state index in [2.05, 4.69) is 52.5 Å². The van der Waals surface area contributed by atoms with E-state index in [9.17, 15) is 0 Å². The molecule has 0 spiro atoms. The van der Waals surface area contributed by atoms with Crippen LogP contribution in [0.1, 0.15) is 24.1 Å². The predicted octanol–water partition coefficient (Wildman–Crippen LogP) is 4.12. The summed E-state index contributed by atoms with van der Waals surface area (Å²) >= 11 is 0. The summed E-state index contributed by atoms with van der Waals surface area (Å²) in [6, 6.07) is 20.8. The zero-order valence-corrected chi connectivity index (χ0v) is 13.0. The number of hydrogen-bond donors (Lipinski definition) is 1. The third kappa shape index (κ3) is 4.37. The molecule has 0 fully saturated rings. The number of ether oxygens (including phenoxy) is 1. The summed E-state index contributed by atoms with van der Waals surface area (Å²) in [5, 5.41) is 3.52.